The van der Waals surface area contributed by atoms with E-state index in [1.165, 1.54) is 11.3 Å². The molecule has 0 spiro atoms. The van der Waals surface area contributed by atoms with E-state index in [9.17, 15) is 4.79 Å². The molecule has 0 atom stereocenters. The van der Waals surface area contributed by atoms with E-state index in [2.05, 4.69) is 4.98 Å². The molecule has 0 bridgehead atoms. The standard InChI is InChI=1S/C12H10ClNOS/c1-8-14-7-12(16-8)11(15)6-9-3-2-4-10(13)5-9/h2-5,7H,6H2,1H3. The second-order valence-electron chi connectivity index (χ2n) is 3.47. The Balaban J connectivity index is 2.13. The average molecular weight is 252 g/mol. The molecule has 0 saturated heterocycles. The van der Waals surface area contributed by atoms with Crippen LogP contribution >= 0.6 is 22.9 Å². The molecule has 0 fully saturated rings. The van der Waals surface area contributed by atoms with Crippen molar-refractivity contribution in [2.45, 2.75) is 13.3 Å². The van der Waals surface area contributed by atoms with Gasteiger partial charge in [0.05, 0.1) is 9.88 Å². The predicted octanol–water partition coefficient (Wildman–Crippen LogP) is 3.53. The maximum atomic E-state index is 11.9. The van der Waals surface area contributed by atoms with Gasteiger partial charge in [-0.15, -0.1) is 11.3 Å². The van der Waals surface area contributed by atoms with Crippen LogP contribution in [-0.4, -0.2) is 10.8 Å². The van der Waals surface area contributed by atoms with Gasteiger partial charge < -0.3 is 0 Å². The number of hydrogen-bond acceptors (Lipinski definition) is 3. The van der Waals surface area contributed by atoms with Crippen LogP contribution in [0.25, 0.3) is 0 Å². The molecule has 0 aliphatic heterocycles. The summed E-state index contributed by atoms with van der Waals surface area (Å²) in [6.07, 6.45) is 2.01. The normalized spacial score (nSPS) is 10.4. The predicted molar refractivity (Wildman–Crippen MR) is 66.3 cm³/mol. The first-order valence-corrected chi connectivity index (χ1v) is 6.04. The lowest BCUT2D eigenvalue weighted by Crippen LogP contribution is -2.00. The molecule has 0 saturated carbocycles. The fraction of sp³-hybridized carbons (Fsp3) is 0.167. The highest BCUT2D eigenvalue weighted by atomic mass is 35.5. The molecule has 0 amide bonds. The monoisotopic (exact) mass is 251 g/mol. The number of hydrogen-bond donors (Lipinski definition) is 0. The Labute approximate surface area is 103 Å². The van der Waals surface area contributed by atoms with Gasteiger partial charge in [0.2, 0.25) is 0 Å². The van der Waals surface area contributed by atoms with Crippen molar-refractivity contribution in [2.75, 3.05) is 0 Å². The minimum absolute atomic E-state index is 0.0906. The number of Topliss-reactive ketones (excluding diaryl/α,β-unsaturated/α-hetero) is 1. The maximum absolute atomic E-state index is 11.9. The summed E-state index contributed by atoms with van der Waals surface area (Å²) >= 11 is 7.28. The summed E-state index contributed by atoms with van der Waals surface area (Å²) in [5, 5.41) is 1.57. The van der Waals surface area contributed by atoms with Gasteiger partial charge in [-0.25, -0.2) is 4.98 Å². The Bertz CT molecular complexity index is 521. The van der Waals surface area contributed by atoms with Crippen molar-refractivity contribution in [1.29, 1.82) is 0 Å². The highest BCUT2D eigenvalue weighted by Crippen LogP contribution is 2.16. The van der Waals surface area contributed by atoms with Gasteiger partial charge in [-0.3, -0.25) is 4.79 Å². The summed E-state index contributed by atoms with van der Waals surface area (Å²) < 4.78 is 0. The summed E-state index contributed by atoms with van der Waals surface area (Å²) in [5.74, 6) is 0.0906. The third-order valence-electron chi connectivity index (χ3n) is 2.15. The molecule has 2 rings (SSSR count). The first-order valence-electron chi connectivity index (χ1n) is 4.85. The van der Waals surface area contributed by atoms with Crippen molar-refractivity contribution in [3.05, 3.63) is 50.9 Å². The van der Waals surface area contributed by atoms with Gasteiger partial charge in [0.25, 0.3) is 0 Å². The van der Waals surface area contributed by atoms with Crippen LogP contribution in [0.1, 0.15) is 20.2 Å². The summed E-state index contributed by atoms with van der Waals surface area (Å²) in [6, 6.07) is 7.36. The van der Waals surface area contributed by atoms with Gasteiger partial charge in [-0.05, 0) is 24.6 Å². The fourth-order valence-corrected chi connectivity index (χ4v) is 2.34. The van der Waals surface area contributed by atoms with Crippen molar-refractivity contribution in [2.24, 2.45) is 0 Å². The number of rotatable bonds is 3. The third kappa shape index (κ3) is 2.68. The zero-order valence-corrected chi connectivity index (χ0v) is 10.3. The SMILES string of the molecule is Cc1ncc(C(=O)Cc2cccc(Cl)c2)s1. The van der Waals surface area contributed by atoms with E-state index < -0.39 is 0 Å². The summed E-state index contributed by atoms with van der Waals surface area (Å²) in [6.45, 7) is 1.89. The zero-order valence-electron chi connectivity index (χ0n) is 8.74. The van der Waals surface area contributed by atoms with Crippen molar-refractivity contribution < 1.29 is 4.79 Å². The van der Waals surface area contributed by atoms with E-state index in [4.69, 9.17) is 11.6 Å². The van der Waals surface area contributed by atoms with E-state index in [1.54, 1.807) is 12.3 Å². The van der Waals surface area contributed by atoms with Crippen molar-refractivity contribution in [1.82, 2.24) is 4.98 Å². The Morgan fingerprint density at radius 2 is 2.31 bits per heavy atom. The molecule has 16 heavy (non-hydrogen) atoms. The quantitative estimate of drug-likeness (QED) is 0.781. The van der Waals surface area contributed by atoms with Gasteiger partial charge in [0, 0.05) is 17.6 Å². The fourth-order valence-electron chi connectivity index (χ4n) is 1.41. The summed E-state index contributed by atoms with van der Waals surface area (Å²) in [5.41, 5.74) is 0.934. The van der Waals surface area contributed by atoms with Crippen LogP contribution in [0, 0.1) is 6.92 Å². The highest BCUT2D eigenvalue weighted by Gasteiger charge is 2.10. The Hall–Kier alpha value is -1.19. The number of halogens is 1. The molecule has 2 nitrogen and oxygen atoms in total. The maximum Gasteiger partial charge on any atom is 0.178 e. The second kappa shape index (κ2) is 4.76. The van der Waals surface area contributed by atoms with Crippen LogP contribution < -0.4 is 0 Å². The van der Waals surface area contributed by atoms with Crippen LogP contribution in [0.3, 0.4) is 0 Å². The van der Waals surface area contributed by atoms with Crippen LogP contribution in [-0.2, 0) is 6.42 Å². The van der Waals surface area contributed by atoms with Crippen molar-refractivity contribution in [3.8, 4) is 0 Å². The van der Waals surface area contributed by atoms with Gasteiger partial charge in [-0.1, -0.05) is 23.7 Å². The van der Waals surface area contributed by atoms with Crippen LogP contribution in [0.4, 0.5) is 0 Å². The Kier molecular flexibility index (Phi) is 3.36. The van der Waals surface area contributed by atoms with Crippen molar-refractivity contribution >= 4 is 28.7 Å². The molecule has 2 aromatic rings. The average Bonchev–Trinajstić information content (AvgIpc) is 2.65. The van der Waals surface area contributed by atoms with Crippen molar-refractivity contribution in [3.63, 3.8) is 0 Å². The van der Waals surface area contributed by atoms with Gasteiger partial charge >= 0.3 is 0 Å². The van der Waals surface area contributed by atoms with Crippen LogP contribution in [0.15, 0.2) is 30.5 Å². The zero-order chi connectivity index (χ0) is 11.5. The number of thiazole rings is 1. The molecule has 0 aliphatic rings. The molecule has 1 aromatic carbocycles. The van der Waals surface area contributed by atoms with Crippen LogP contribution in [0.5, 0.6) is 0 Å². The van der Waals surface area contributed by atoms with E-state index in [0.717, 1.165) is 10.6 Å². The first kappa shape index (κ1) is 11.3. The van der Waals surface area contributed by atoms with Crippen LogP contribution in [0.2, 0.25) is 5.02 Å². The molecule has 4 heteroatoms. The molecule has 1 heterocycles. The van der Waals surface area contributed by atoms with E-state index in [1.807, 2.05) is 25.1 Å². The number of carbonyl (C=O) groups excluding carboxylic acids is 1. The van der Waals surface area contributed by atoms with Gasteiger partial charge in [0.15, 0.2) is 5.78 Å². The van der Waals surface area contributed by atoms with E-state index in [-0.39, 0.29) is 5.78 Å². The second-order valence-corrected chi connectivity index (χ2v) is 5.14. The first-order chi connectivity index (χ1) is 7.65. The van der Waals surface area contributed by atoms with Gasteiger partial charge in [0.1, 0.15) is 0 Å². The lowest BCUT2D eigenvalue weighted by atomic mass is 10.1. The topological polar surface area (TPSA) is 30.0 Å². The minimum atomic E-state index is 0.0906. The number of ketones is 1. The minimum Gasteiger partial charge on any atom is -0.293 e. The van der Waals surface area contributed by atoms with Gasteiger partial charge in [-0.2, -0.15) is 0 Å². The lowest BCUT2D eigenvalue weighted by molar-refractivity contribution is 0.0996. The highest BCUT2D eigenvalue weighted by molar-refractivity contribution is 7.13. The number of aromatic nitrogens is 1. The third-order valence-corrected chi connectivity index (χ3v) is 3.34. The Morgan fingerprint density at radius 1 is 1.50 bits per heavy atom. The molecule has 0 N–H and O–H groups in total. The summed E-state index contributed by atoms with van der Waals surface area (Å²) in [4.78, 5) is 16.6. The molecular weight excluding hydrogens is 242 g/mol. The molecule has 0 unspecified atom stereocenters. The number of nitrogens with zero attached hydrogens (tertiary/aromatic N) is 1. The van der Waals surface area contributed by atoms with E-state index >= 15 is 0 Å². The summed E-state index contributed by atoms with van der Waals surface area (Å²) in [7, 11) is 0. The molecule has 0 aliphatic carbocycles. The van der Waals surface area contributed by atoms with E-state index in [0.29, 0.717) is 16.3 Å². The largest absolute Gasteiger partial charge is 0.293 e. The lowest BCUT2D eigenvalue weighted by Gasteiger charge is -1.99. The smallest absolute Gasteiger partial charge is 0.178 e. The molecule has 1 aromatic heterocycles. The number of benzene rings is 1. The number of aryl methyl sites for hydroxylation is 1. The molecule has 0 radical (unpaired) electrons. The molecule has 82 valence electrons. The Morgan fingerprint density at radius 3 is 2.94 bits per heavy atom. The number of carbonyl (C=O) groups is 1. The molecular formula is C12H10ClNOS.